The number of hydrogen-bond donors (Lipinski definition) is 4. The average molecular weight is 623 g/mol. The Bertz CT molecular complexity index is 1940. The van der Waals surface area contributed by atoms with Gasteiger partial charge < -0.3 is 40.7 Å². The zero-order chi connectivity index (χ0) is 32.0. The van der Waals surface area contributed by atoms with E-state index in [-0.39, 0.29) is 17.9 Å². The molecular formula is C32H38N12O2. The largest absolute Gasteiger partial charge is 0.383 e. The zero-order valence-electron chi connectivity index (χ0n) is 26.1. The zero-order valence-corrected chi connectivity index (χ0v) is 26.1. The summed E-state index contributed by atoms with van der Waals surface area (Å²) in [5.41, 5.74) is 19.3. The maximum atomic E-state index is 6.09. The number of anilines is 4. The summed E-state index contributed by atoms with van der Waals surface area (Å²) in [7, 11) is 1.68. The van der Waals surface area contributed by atoms with Gasteiger partial charge in [0.2, 0.25) is 11.9 Å². The molecule has 6 aromatic rings. The molecule has 0 saturated carbocycles. The van der Waals surface area contributed by atoms with Gasteiger partial charge in [0.15, 0.2) is 11.6 Å². The van der Waals surface area contributed by atoms with Gasteiger partial charge in [0.25, 0.3) is 0 Å². The van der Waals surface area contributed by atoms with E-state index in [1.54, 1.807) is 7.11 Å². The summed E-state index contributed by atoms with van der Waals surface area (Å²) in [6, 6.07) is 9.86. The summed E-state index contributed by atoms with van der Waals surface area (Å²) >= 11 is 0. The topological polar surface area (TPSA) is 182 Å². The van der Waals surface area contributed by atoms with Crippen LogP contribution in [0, 0.1) is 6.92 Å². The van der Waals surface area contributed by atoms with Crippen molar-refractivity contribution in [1.82, 2.24) is 39.0 Å². The van der Waals surface area contributed by atoms with Crippen molar-refractivity contribution in [2.45, 2.75) is 46.1 Å². The lowest BCUT2D eigenvalue weighted by Crippen LogP contribution is -2.13. The Hall–Kier alpha value is -5.34. The Kier molecular flexibility index (Phi) is 9.17. The number of nitrogens with one attached hydrogen (secondary N) is 2. The van der Waals surface area contributed by atoms with E-state index in [4.69, 9.17) is 20.9 Å². The lowest BCUT2D eigenvalue weighted by molar-refractivity contribution is 0.113. The summed E-state index contributed by atoms with van der Waals surface area (Å²) < 4.78 is 15.5. The fourth-order valence-corrected chi connectivity index (χ4v) is 5.28. The van der Waals surface area contributed by atoms with Crippen LogP contribution in [0.15, 0.2) is 61.3 Å². The van der Waals surface area contributed by atoms with Crippen molar-refractivity contribution in [3.63, 3.8) is 0 Å². The van der Waals surface area contributed by atoms with Gasteiger partial charge in [-0.3, -0.25) is 9.97 Å². The smallest absolute Gasteiger partial charge is 0.222 e. The summed E-state index contributed by atoms with van der Waals surface area (Å²) in [5, 5.41) is 6.87. The highest BCUT2D eigenvalue weighted by Gasteiger charge is 2.16. The van der Waals surface area contributed by atoms with Gasteiger partial charge >= 0.3 is 0 Å². The third-order valence-electron chi connectivity index (χ3n) is 7.62. The molecule has 0 aliphatic carbocycles. The lowest BCUT2D eigenvalue weighted by atomic mass is 10.1. The molecule has 238 valence electrons. The van der Waals surface area contributed by atoms with Gasteiger partial charge in [-0.1, -0.05) is 6.07 Å². The first-order chi connectivity index (χ1) is 22.4. The number of aryl methyl sites for hydroxylation is 1. The Morgan fingerprint density at radius 2 is 1.54 bits per heavy atom. The summed E-state index contributed by atoms with van der Waals surface area (Å²) in [5.74, 6) is 1.74. The predicted octanol–water partition coefficient (Wildman–Crippen LogP) is 4.09. The van der Waals surface area contributed by atoms with Crippen LogP contribution in [0.4, 0.5) is 23.5 Å². The maximum absolute atomic E-state index is 6.09. The quantitative estimate of drug-likeness (QED) is 0.128. The molecule has 0 aromatic carbocycles. The lowest BCUT2D eigenvalue weighted by Gasteiger charge is -2.18. The number of hydrogen-bond acceptors (Lipinski definition) is 12. The van der Waals surface area contributed by atoms with Crippen molar-refractivity contribution in [3.05, 3.63) is 83.7 Å². The Balaban J connectivity index is 1.09. The van der Waals surface area contributed by atoms with Crippen molar-refractivity contribution in [2.24, 2.45) is 0 Å². The molecule has 46 heavy (non-hydrogen) atoms. The highest BCUT2D eigenvalue weighted by atomic mass is 16.5. The van der Waals surface area contributed by atoms with Gasteiger partial charge in [-0.15, -0.1) is 0 Å². The summed E-state index contributed by atoms with van der Waals surface area (Å²) in [4.78, 5) is 26.7. The molecule has 6 aromatic heterocycles. The number of rotatable bonds is 14. The standard InChI is InChI=1S/C32H38N12O2/c1-20-4-5-24(36-15-20)18-37-29-27-25(39-31(33)41-29)6-9-44(27)11-13-46-19-22-14-23(17-35-16-22)21(2)38-30-28-26(40-32(34)42-30)7-8-43(28)10-12-45-3/h4-9,14-17,21H,10-13,18-19H2,1-3H3,(H3,33,37,39,41)(H3,34,38,40,42). The second-order valence-corrected chi connectivity index (χ2v) is 11.1. The molecule has 0 fully saturated rings. The Morgan fingerprint density at radius 3 is 2.24 bits per heavy atom. The number of pyridine rings is 2. The monoisotopic (exact) mass is 622 g/mol. The molecule has 6 heterocycles. The molecule has 0 aliphatic rings. The van der Waals surface area contributed by atoms with Gasteiger partial charge in [-0.2, -0.15) is 9.97 Å². The molecule has 14 nitrogen and oxygen atoms in total. The molecule has 0 spiro atoms. The number of aromatic nitrogens is 8. The second-order valence-electron chi connectivity index (χ2n) is 11.1. The first-order valence-corrected chi connectivity index (χ1v) is 15.0. The molecular weight excluding hydrogens is 584 g/mol. The van der Waals surface area contributed by atoms with E-state index < -0.39 is 0 Å². The first-order valence-electron chi connectivity index (χ1n) is 15.0. The molecule has 0 saturated heterocycles. The van der Waals surface area contributed by atoms with Crippen LogP contribution >= 0.6 is 0 Å². The van der Waals surface area contributed by atoms with E-state index in [9.17, 15) is 0 Å². The minimum absolute atomic E-state index is 0.101. The highest BCUT2D eigenvalue weighted by molar-refractivity contribution is 5.88. The Morgan fingerprint density at radius 1 is 0.848 bits per heavy atom. The van der Waals surface area contributed by atoms with Gasteiger partial charge in [-0.05, 0) is 54.8 Å². The molecule has 0 aliphatic heterocycles. The maximum Gasteiger partial charge on any atom is 0.222 e. The molecule has 14 heteroatoms. The Labute approximate surface area is 266 Å². The van der Waals surface area contributed by atoms with Crippen LogP contribution < -0.4 is 22.1 Å². The van der Waals surface area contributed by atoms with Crippen LogP contribution in [0.5, 0.6) is 0 Å². The van der Waals surface area contributed by atoms with E-state index in [0.29, 0.717) is 51.1 Å². The number of nitrogens with two attached hydrogens (primary N) is 2. The molecule has 6 N–H and O–H groups in total. The molecule has 0 bridgehead atoms. The number of fused-ring (bicyclic) bond motifs is 2. The number of nitrogen functional groups attached to an aromatic ring is 2. The van der Waals surface area contributed by atoms with E-state index in [0.717, 1.165) is 44.5 Å². The van der Waals surface area contributed by atoms with Crippen molar-refractivity contribution < 1.29 is 9.47 Å². The molecule has 1 atom stereocenters. The SMILES string of the molecule is COCCn1ccc2nc(N)nc(NC(C)c3cncc(COCCn4ccc5nc(N)nc(NCc6ccc(C)cn6)c54)c3)c21. The van der Waals surface area contributed by atoms with Crippen molar-refractivity contribution in [2.75, 3.05) is 42.4 Å². The normalized spacial score (nSPS) is 12.2. The molecule has 0 radical (unpaired) electrons. The van der Waals surface area contributed by atoms with Crippen LogP contribution in [-0.4, -0.2) is 59.4 Å². The second kappa shape index (κ2) is 13.7. The van der Waals surface area contributed by atoms with Crippen LogP contribution in [0.2, 0.25) is 0 Å². The van der Waals surface area contributed by atoms with E-state index in [1.165, 1.54) is 0 Å². The van der Waals surface area contributed by atoms with Crippen molar-refractivity contribution >= 4 is 45.6 Å². The van der Waals surface area contributed by atoms with E-state index >= 15 is 0 Å². The fraction of sp³-hybridized carbons (Fsp3) is 0.312. The molecule has 6 rings (SSSR count). The fourth-order valence-electron chi connectivity index (χ4n) is 5.28. The summed E-state index contributed by atoms with van der Waals surface area (Å²) in [6.45, 7) is 7.31. The minimum Gasteiger partial charge on any atom is -0.383 e. The van der Waals surface area contributed by atoms with E-state index in [2.05, 4.69) is 62.7 Å². The van der Waals surface area contributed by atoms with Crippen LogP contribution in [0.1, 0.15) is 35.3 Å². The van der Waals surface area contributed by atoms with Gasteiger partial charge in [0, 0.05) is 51.2 Å². The average Bonchev–Trinajstić information content (AvgIpc) is 3.65. The van der Waals surface area contributed by atoms with Crippen molar-refractivity contribution in [1.29, 1.82) is 0 Å². The number of methoxy groups -OCH3 is 1. The van der Waals surface area contributed by atoms with Gasteiger partial charge in [0.05, 0.1) is 49.1 Å². The molecule has 0 amide bonds. The summed E-state index contributed by atoms with van der Waals surface area (Å²) in [6.07, 6.45) is 9.43. The van der Waals surface area contributed by atoms with Crippen LogP contribution in [0.25, 0.3) is 22.1 Å². The number of nitrogens with zero attached hydrogens (tertiary/aromatic N) is 8. The van der Waals surface area contributed by atoms with E-state index in [1.807, 2.05) is 62.2 Å². The first kappa shape index (κ1) is 30.7. The third-order valence-corrected chi connectivity index (χ3v) is 7.62. The highest BCUT2D eigenvalue weighted by Crippen LogP contribution is 2.27. The van der Waals surface area contributed by atoms with Crippen LogP contribution in [-0.2, 0) is 35.7 Å². The van der Waals surface area contributed by atoms with Gasteiger partial charge in [0.1, 0.15) is 11.0 Å². The van der Waals surface area contributed by atoms with Gasteiger partial charge in [-0.25, -0.2) is 9.97 Å². The number of ether oxygens (including phenoxy) is 2. The van der Waals surface area contributed by atoms with Crippen LogP contribution in [0.3, 0.4) is 0 Å². The third kappa shape index (κ3) is 6.98. The predicted molar refractivity (Wildman–Crippen MR) is 178 cm³/mol. The minimum atomic E-state index is -0.101. The van der Waals surface area contributed by atoms with Crippen molar-refractivity contribution in [3.8, 4) is 0 Å². The molecule has 1 unspecified atom stereocenters.